The van der Waals surface area contributed by atoms with Crippen molar-refractivity contribution >= 4 is 41.0 Å². The van der Waals surface area contributed by atoms with Crippen LogP contribution in [-0.2, 0) is 9.59 Å². The van der Waals surface area contributed by atoms with Gasteiger partial charge in [0.1, 0.15) is 5.82 Å². The summed E-state index contributed by atoms with van der Waals surface area (Å²) in [6, 6.07) is 5.35. The maximum absolute atomic E-state index is 13.1. The van der Waals surface area contributed by atoms with Gasteiger partial charge in [-0.2, -0.15) is 0 Å². The zero-order valence-corrected chi connectivity index (χ0v) is 15.0. The molecule has 0 aromatic heterocycles. The Morgan fingerprint density at radius 2 is 1.92 bits per heavy atom. The second-order valence-electron chi connectivity index (χ2n) is 6.07. The Labute approximate surface area is 156 Å². The van der Waals surface area contributed by atoms with Crippen molar-refractivity contribution in [3.63, 3.8) is 0 Å². The predicted octanol–water partition coefficient (Wildman–Crippen LogP) is 0.166. The fourth-order valence-corrected chi connectivity index (χ4v) is 3.17. The zero-order valence-electron chi connectivity index (χ0n) is 14.2. The molecule has 0 spiro atoms. The van der Waals surface area contributed by atoms with Crippen LogP contribution in [0.3, 0.4) is 0 Å². The van der Waals surface area contributed by atoms with E-state index in [-0.39, 0.29) is 5.11 Å². The number of nitrogens with one attached hydrogen (secondary N) is 2. The van der Waals surface area contributed by atoms with E-state index < -0.39 is 23.5 Å². The van der Waals surface area contributed by atoms with Gasteiger partial charge in [0.25, 0.3) is 5.91 Å². The molecule has 2 heterocycles. The topological polar surface area (TPSA) is 77.0 Å². The molecule has 7 nitrogen and oxygen atoms in total. The average molecular weight is 377 g/mol. The van der Waals surface area contributed by atoms with Crippen molar-refractivity contribution < 1.29 is 14.0 Å². The van der Waals surface area contributed by atoms with Gasteiger partial charge in [-0.3, -0.25) is 24.4 Å². The van der Waals surface area contributed by atoms with Crippen molar-refractivity contribution in [1.82, 2.24) is 15.5 Å². The zero-order chi connectivity index (χ0) is 18.5. The van der Waals surface area contributed by atoms with E-state index in [1.165, 1.54) is 35.4 Å². The number of carbonyl (C=O) groups is 2. The lowest BCUT2D eigenvalue weighted by atomic mass is 10.1. The quantitative estimate of drug-likeness (QED) is 0.435. The molecule has 2 aliphatic rings. The summed E-state index contributed by atoms with van der Waals surface area (Å²) in [5.74, 6) is -2.45. The van der Waals surface area contributed by atoms with E-state index in [1.807, 2.05) is 0 Å². The van der Waals surface area contributed by atoms with E-state index in [9.17, 15) is 14.0 Å². The van der Waals surface area contributed by atoms with Gasteiger partial charge in [0.15, 0.2) is 11.0 Å². The van der Waals surface area contributed by atoms with Crippen molar-refractivity contribution in [1.29, 1.82) is 0 Å². The molecule has 9 heteroatoms. The first kappa shape index (κ1) is 18.6. The number of anilines is 1. The second kappa shape index (κ2) is 8.43. The highest BCUT2D eigenvalue weighted by atomic mass is 32.1. The van der Waals surface area contributed by atoms with Crippen LogP contribution in [0.15, 0.2) is 29.3 Å². The Kier molecular flexibility index (Phi) is 6.02. The lowest BCUT2D eigenvalue weighted by molar-refractivity contribution is -0.130. The second-order valence-corrected chi connectivity index (χ2v) is 6.46. The predicted molar refractivity (Wildman–Crippen MR) is 101 cm³/mol. The SMILES string of the molecule is O=C1NC(=S)N(c2ccc(F)cc2)C(=O)[C@@H]1C=NCCN1CCNCC1. The van der Waals surface area contributed by atoms with Gasteiger partial charge in [-0.25, -0.2) is 4.39 Å². The molecule has 0 saturated carbocycles. The summed E-state index contributed by atoms with van der Waals surface area (Å²) >= 11 is 5.09. The van der Waals surface area contributed by atoms with Crippen LogP contribution in [0.5, 0.6) is 0 Å². The Morgan fingerprint density at radius 3 is 2.62 bits per heavy atom. The van der Waals surface area contributed by atoms with Crippen LogP contribution in [0.2, 0.25) is 0 Å². The van der Waals surface area contributed by atoms with Crippen LogP contribution in [-0.4, -0.2) is 67.3 Å². The summed E-state index contributed by atoms with van der Waals surface area (Å²) in [6.45, 7) is 5.13. The van der Waals surface area contributed by atoms with Gasteiger partial charge in [-0.1, -0.05) is 0 Å². The number of amides is 2. The molecular formula is C17H20FN5O2S. The van der Waals surface area contributed by atoms with Crippen LogP contribution in [0.1, 0.15) is 0 Å². The molecule has 1 atom stereocenters. The van der Waals surface area contributed by atoms with Gasteiger partial charge in [0, 0.05) is 38.9 Å². The first-order valence-corrected chi connectivity index (χ1v) is 8.84. The highest BCUT2D eigenvalue weighted by Gasteiger charge is 2.38. The summed E-state index contributed by atoms with van der Waals surface area (Å²) in [7, 11) is 0. The van der Waals surface area contributed by atoms with Crippen molar-refractivity contribution in [3.8, 4) is 0 Å². The number of nitrogens with zero attached hydrogens (tertiary/aromatic N) is 3. The number of carbonyl (C=O) groups excluding carboxylic acids is 2. The highest BCUT2D eigenvalue weighted by Crippen LogP contribution is 2.20. The van der Waals surface area contributed by atoms with Crippen LogP contribution in [0, 0.1) is 11.7 Å². The van der Waals surface area contributed by atoms with Crippen molar-refractivity contribution in [2.24, 2.45) is 10.9 Å². The molecule has 0 radical (unpaired) electrons. The lowest BCUT2D eigenvalue weighted by Gasteiger charge is -2.31. The average Bonchev–Trinajstić information content (AvgIpc) is 2.63. The first-order chi connectivity index (χ1) is 12.6. The smallest absolute Gasteiger partial charge is 0.251 e. The van der Waals surface area contributed by atoms with Crippen molar-refractivity contribution in [2.45, 2.75) is 0 Å². The van der Waals surface area contributed by atoms with E-state index in [4.69, 9.17) is 12.2 Å². The molecule has 2 N–H and O–H groups in total. The maximum Gasteiger partial charge on any atom is 0.251 e. The van der Waals surface area contributed by atoms with Gasteiger partial charge >= 0.3 is 0 Å². The fourth-order valence-electron chi connectivity index (χ4n) is 2.87. The minimum atomic E-state index is -1.05. The summed E-state index contributed by atoms with van der Waals surface area (Å²) in [5.41, 5.74) is 0.403. The molecule has 2 amide bonds. The minimum absolute atomic E-state index is 0.0166. The molecule has 1 aromatic rings. The van der Waals surface area contributed by atoms with E-state index >= 15 is 0 Å². The van der Waals surface area contributed by atoms with Crippen LogP contribution in [0.25, 0.3) is 0 Å². The van der Waals surface area contributed by atoms with Crippen molar-refractivity contribution in [3.05, 3.63) is 30.1 Å². The third kappa shape index (κ3) is 4.29. The lowest BCUT2D eigenvalue weighted by Crippen LogP contribution is -2.58. The summed E-state index contributed by atoms with van der Waals surface area (Å²) in [5, 5.41) is 5.77. The third-order valence-corrected chi connectivity index (χ3v) is 4.58. The van der Waals surface area contributed by atoms with Gasteiger partial charge < -0.3 is 10.6 Å². The third-order valence-electron chi connectivity index (χ3n) is 4.30. The molecule has 0 bridgehead atoms. The van der Waals surface area contributed by atoms with E-state index in [0.29, 0.717) is 12.2 Å². The Balaban J connectivity index is 1.65. The Morgan fingerprint density at radius 1 is 1.23 bits per heavy atom. The maximum atomic E-state index is 13.1. The number of aliphatic imine (C=N–C) groups is 1. The molecule has 26 heavy (non-hydrogen) atoms. The first-order valence-electron chi connectivity index (χ1n) is 8.43. The molecular weight excluding hydrogens is 357 g/mol. The molecule has 2 saturated heterocycles. The molecule has 0 aliphatic carbocycles. The number of benzene rings is 1. The van der Waals surface area contributed by atoms with Gasteiger partial charge in [0.2, 0.25) is 5.91 Å². The molecule has 0 unspecified atom stereocenters. The fraction of sp³-hybridized carbons (Fsp3) is 0.412. The molecule has 138 valence electrons. The van der Waals surface area contributed by atoms with Crippen LogP contribution in [0.4, 0.5) is 10.1 Å². The molecule has 2 fully saturated rings. The van der Waals surface area contributed by atoms with Gasteiger partial charge in [0.05, 0.1) is 12.2 Å². The normalized spacial score (nSPS) is 22.1. The molecule has 2 aliphatic heterocycles. The van der Waals surface area contributed by atoms with E-state index in [0.717, 1.165) is 32.7 Å². The van der Waals surface area contributed by atoms with E-state index in [2.05, 4.69) is 20.5 Å². The summed E-state index contributed by atoms with van der Waals surface area (Å²) in [6.07, 6.45) is 1.37. The van der Waals surface area contributed by atoms with Crippen molar-refractivity contribution in [2.75, 3.05) is 44.2 Å². The number of rotatable bonds is 5. The number of hydrogen-bond acceptors (Lipinski definition) is 6. The monoisotopic (exact) mass is 377 g/mol. The van der Waals surface area contributed by atoms with Crippen LogP contribution < -0.4 is 15.5 Å². The molecule has 1 aromatic carbocycles. The summed E-state index contributed by atoms with van der Waals surface area (Å²) in [4.78, 5) is 32.6. The number of hydrogen-bond donors (Lipinski definition) is 2. The minimum Gasteiger partial charge on any atom is -0.314 e. The van der Waals surface area contributed by atoms with Crippen LogP contribution >= 0.6 is 12.2 Å². The number of thiocarbonyl (C=S) groups is 1. The summed E-state index contributed by atoms with van der Waals surface area (Å²) < 4.78 is 13.1. The Bertz CT molecular complexity index is 718. The van der Waals surface area contributed by atoms with Gasteiger partial charge in [-0.15, -0.1) is 0 Å². The standard InChI is InChI=1S/C17H20FN5O2S/c18-12-1-3-13(4-2-12)23-16(25)14(15(24)21-17(23)26)11-20-7-10-22-8-5-19-6-9-22/h1-4,11,14,19H,5-10H2,(H,21,24,26)/t14-/m1/s1. The number of piperazine rings is 1. The van der Waals surface area contributed by atoms with E-state index in [1.54, 1.807) is 0 Å². The molecule has 3 rings (SSSR count). The highest BCUT2D eigenvalue weighted by molar-refractivity contribution is 7.80. The van der Waals surface area contributed by atoms with Gasteiger partial charge in [-0.05, 0) is 36.5 Å². The Hall–Kier alpha value is -2.23. The number of halogens is 1. The largest absolute Gasteiger partial charge is 0.314 e.